The third-order valence-electron chi connectivity index (χ3n) is 5.42. The summed E-state index contributed by atoms with van der Waals surface area (Å²) in [7, 11) is 0. The first-order valence-electron chi connectivity index (χ1n) is 9.57. The Hall–Kier alpha value is -3.72. The molecular formula is C23H15F2NO5S. The number of halogens is 2. The number of carbonyl (C=O) groups is 2. The lowest BCUT2D eigenvalue weighted by Gasteiger charge is -2.25. The summed E-state index contributed by atoms with van der Waals surface area (Å²) in [5.41, 5.74) is 0.903. The van der Waals surface area contributed by atoms with E-state index >= 15 is 0 Å². The van der Waals surface area contributed by atoms with Gasteiger partial charge in [0, 0.05) is 22.2 Å². The summed E-state index contributed by atoms with van der Waals surface area (Å²) in [5, 5.41) is 12.9. The molecule has 2 aliphatic rings. The Morgan fingerprint density at radius 3 is 2.56 bits per heavy atom. The molecule has 2 aromatic carbocycles. The van der Waals surface area contributed by atoms with Crippen molar-refractivity contribution in [2.75, 3.05) is 11.7 Å². The molecule has 0 spiro atoms. The molecule has 1 unspecified atom stereocenters. The molecule has 3 heterocycles. The molecule has 162 valence electrons. The number of rotatable bonds is 3. The fourth-order valence-corrected chi connectivity index (χ4v) is 4.87. The number of fused-ring (bicyclic) bond motifs is 1. The molecule has 1 amide bonds. The number of ether oxygens (including phenoxy) is 2. The molecule has 1 N–H and O–H groups in total. The third kappa shape index (κ3) is 3.04. The van der Waals surface area contributed by atoms with Crippen LogP contribution in [0.4, 0.5) is 14.5 Å². The fourth-order valence-electron chi connectivity index (χ4n) is 3.85. The van der Waals surface area contributed by atoms with Gasteiger partial charge in [-0.3, -0.25) is 14.5 Å². The number of benzene rings is 2. The van der Waals surface area contributed by atoms with Gasteiger partial charge in [0.15, 0.2) is 23.1 Å². The maximum atomic E-state index is 14.0. The Kier molecular flexibility index (Phi) is 4.70. The van der Waals surface area contributed by atoms with Crippen LogP contribution in [0.3, 0.4) is 0 Å². The van der Waals surface area contributed by atoms with E-state index in [4.69, 9.17) is 9.47 Å². The quantitative estimate of drug-likeness (QED) is 0.352. The fraction of sp³-hybridized carbons (Fsp3) is 0.130. The van der Waals surface area contributed by atoms with E-state index in [9.17, 15) is 23.5 Å². The minimum absolute atomic E-state index is 0.00790. The van der Waals surface area contributed by atoms with Crippen LogP contribution in [0.1, 0.15) is 22.0 Å². The highest BCUT2D eigenvalue weighted by molar-refractivity contribution is 7.10. The van der Waals surface area contributed by atoms with Crippen molar-refractivity contribution in [1.82, 2.24) is 0 Å². The monoisotopic (exact) mass is 455 g/mol. The molecule has 6 nitrogen and oxygen atoms in total. The number of aryl methyl sites for hydroxylation is 1. The number of aliphatic hydroxyl groups is 1. The zero-order valence-electron chi connectivity index (χ0n) is 16.6. The topological polar surface area (TPSA) is 76.1 Å². The number of anilines is 1. The van der Waals surface area contributed by atoms with Gasteiger partial charge >= 0.3 is 0 Å². The van der Waals surface area contributed by atoms with E-state index in [1.165, 1.54) is 23.5 Å². The summed E-state index contributed by atoms with van der Waals surface area (Å²) in [6.45, 7) is 1.84. The van der Waals surface area contributed by atoms with Crippen molar-refractivity contribution in [2.24, 2.45) is 0 Å². The Balaban J connectivity index is 1.71. The van der Waals surface area contributed by atoms with Crippen LogP contribution in [0.2, 0.25) is 0 Å². The van der Waals surface area contributed by atoms with Crippen molar-refractivity contribution in [3.05, 3.63) is 81.1 Å². The second-order valence-electron chi connectivity index (χ2n) is 7.30. The largest absolute Gasteiger partial charge is 0.507 e. The number of hydrogen-bond donors (Lipinski definition) is 1. The van der Waals surface area contributed by atoms with Crippen LogP contribution < -0.4 is 14.4 Å². The highest BCUT2D eigenvalue weighted by atomic mass is 32.1. The molecule has 3 aromatic rings. The minimum atomic E-state index is -1.15. The molecule has 9 heteroatoms. The maximum absolute atomic E-state index is 14.0. The summed E-state index contributed by atoms with van der Waals surface area (Å²) in [4.78, 5) is 27.8. The van der Waals surface area contributed by atoms with Gasteiger partial charge in [0.25, 0.3) is 11.7 Å². The average molecular weight is 455 g/mol. The first-order chi connectivity index (χ1) is 15.4. The summed E-state index contributed by atoms with van der Waals surface area (Å²) < 4.78 is 38.1. The Morgan fingerprint density at radius 1 is 1.06 bits per heavy atom. The van der Waals surface area contributed by atoms with E-state index in [-0.39, 0.29) is 23.6 Å². The Labute approximate surface area is 184 Å². The van der Waals surface area contributed by atoms with Gasteiger partial charge in [-0.05, 0) is 54.3 Å². The SMILES string of the molecule is Cc1ccsc1C1/C(=C(/O)c2ccc3c(c2)OCO3)C(=O)C(=O)N1c1ccc(F)c(F)c1. The molecule has 0 saturated carbocycles. The molecule has 1 atom stereocenters. The van der Waals surface area contributed by atoms with Gasteiger partial charge in [0.1, 0.15) is 11.8 Å². The number of ketones is 1. The van der Waals surface area contributed by atoms with E-state index < -0.39 is 35.1 Å². The molecule has 2 aliphatic heterocycles. The number of carbonyl (C=O) groups excluding carboxylic acids is 2. The third-order valence-corrected chi connectivity index (χ3v) is 6.49. The molecule has 32 heavy (non-hydrogen) atoms. The van der Waals surface area contributed by atoms with E-state index in [0.29, 0.717) is 16.4 Å². The van der Waals surface area contributed by atoms with E-state index in [2.05, 4.69) is 0 Å². The highest BCUT2D eigenvalue weighted by Crippen LogP contribution is 2.45. The second-order valence-corrected chi connectivity index (χ2v) is 8.25. The van der Waals surface area contributed by atoms with E-state index in [1.54, 1.807) is 24.4 Å². The van der Waals surface area contributed by atoms with Crippen molar-refractivity contribution in [3.63, 3.8) is 0 Å². The first-order valence-corrected chi connectivity index (χ1v) is 10.4. The van der Waals surface area contributed by atoms with Gasteiger partial charge < -0.3 is 14.6 Å². The van der Waals surface area contributed by atoms with Gasteiger partial charge in [0.2, 0.25) is 6.79 Å². The predicted molar refractivity (Wildman–Crippen MR) is 113 cm³/mol. The smallest absolute Gasteiger partial charge is 0.300 e. The van der Waals surface area contributed by atoms with Crippen molar-refractivity contribution in [2.45, 2.75) is 13.0 Å². The Morgan fingerprint density at radius 2 is 1.84 bits per heavy atom. The maximum Gasteiger partial charge on any atom is 0.300 e. The minimum Gasteiger partial charge on any atom is -0.507 e. The zero-order valence-corrected chi connectivity index (χ0v) is 17.4. The van der Waals surface area contributed by atoms with E-state index in [1.807, 2.05) is 6.07 Å². The van der Waals surface area contributed by atoms with Gasteiger partial charge in [0.05, 0.1) is 5.57 Å². The van der Waals surface area contributed by atoms with Crippen molar-refractivity contribution >= 4 is 34.5 Å². The normalized spacial score (nSPS) is 19.1. The molecule has 1 aromatic heterocycles. The number of nitrogens with zero attached hydrogens (tertiary/aromatic N) is 1. The molecule has 1 fully saturated rings. The average Bonchev–Trinajstić information content (AvgIpc) is 3.48. The van der Waals surface area contributed by atoms with Crippen LogP contribution >= 0.6 is 11.3 Å². The number of amides is 1. The first kappa shape index (κ1) is 20.2. The van der Waals surface area contributed by atoms with Gasteiger partial charge in [-0.2, -0.15) is 0 Å². The summed E-state index contributed by atoms with van der Waals surface area (Å²) in [6.07, 6.45) is 0. The van der Waals surface area contributed by atoms with Gasteiger partial charge in [-0.15, -0.1) is 11.3 Å². The lowest BCUT2D eigenvalue weighted by Crippen LogP contribution is -2.29. The molecule has 5 rings (SSSR count). The molecule has 0 aliphatic carbocycles. The lowest BCUT2D eigenvalue weighted by atomic mass is 9.98. The van der Waals surface area contributed by atoms with Gasteiger partial charge in [-0.25, -0.2) is 8.78 Å². The summed E-state index contributed by atoms with van der Waals surface area (Å²) in [5.74, 6) is -3.61. The number of aliphatic hydroxyl groups excluding tert-OH is 1. The number of Topliss-reactive ketones (excluding diaryl/α,β-unsaturated/α-hetero) is 1. The molecule has 0 bridgehead atoms. The van der Waals surface area contributed by atoms with Crippen LogP contribution in [-0.4, -0.2) is 23.6 Å². The van der Waals surface area contributed by atoms with Crippen LogP contribution in [0.25, 0.3) is 5.76 Å². The Bertz CT molecular complexity index is 1320. The van der Waals surface area contributed by atoms with Crippen molar-refractivity contribution in [3.8, 4) is 11.5 Å². The lowest BCUT2D eigenvalue weighted by molar-refractivity contribution is -0.132. The van der Waals surface area contributed by atoms with Crippen molar-refractivity contribution < 1.29 is 33.0 Å². The van der Waals surface area contributed by atoms with Gasteiger partial charge in [-0.1, -0.05) is 0 Å². The van der Waals surface area contributed by atoms with Crippen LogP contribution in [0.15, 0.2) is 53.4 Å². The molecule has 0 radical (unpaired) electrons. The number of thiophene rings is 1. The number of hydrogen-bond acceptors (Lipinski definition) is 6. The standard InChI is InChI=1S/C23H15F2NO5S/c1-11-6-7-32-22(11)19-18(20(27)12-2-5-16-17(8-12)31-10-30-16)21(28)23(29)26(19)13-3-4-14(24)15(25)9-13/h2-9,19,27H,10H2,1H3/b20-18-. The van der Waals surface area contributed by atoms with E-state index in [0.717, 1.165) is 22.6 Å². The van der Waals surface area contributed by atoms with Crippen LogP contribution in [0.5, 0.6) is 11.5 Å². The van der Waals surface area contributed by atoms with Crippen LogP contribution in [0, 0.1) is 18.6 Å². The molecular weight excluding hydrogens is 440 g/mol. The summed E-state index contributed by atoms with van der Waals surface area (Å²) in [6, 6.07) is 8.43. The molecule has 1 saturated heterocycles. The summed E-state index contributed by atoms with van der Waals surface area (Å²) >= 11 is 1.29. The zero-order chi connectivity index (χ0) is 22.6. The van der Waals surface area contributed by atoms with Crippen molar-refractivity contribution in [1.29, 1.82) is 0 Å². The highest BCUT2D eigenvalue weighted by Gasteiger charge is 2.48. The second kappa shape index (κ2) is 7.45. The predicted octanol–water partition coefficient (Wildman–Crippen LogP) is 4.69. The van der Waals surface area contributed by atoms with Crippen LogP contribution in [-0.2, 0) is 9.59 Å².